The van der Waals surface area contributed by atoms with Gasteiger partial charge in [-0.15, -0.1) is 5.10 Å². The van der Waals surface area contributed by atoms with Crippen molar-refractivity contribution in [1.29, 1.82) is 0 Å². The fraction of sp³-hybridized carbons (Fsp3) is 0.333. The summed E-state index contributed by atoms with van der Waals surface area (Å²) in [6.07, 6.45) is 0. The lowest BCUT2D eigenvalue weighted by atomic mass is 10.3. The standard InChI is InChI=1S/C12H15FN4O/c1-3-14-8(2)11-16-17-12(18-11)15-10-6-4-5-9(13)7-10/h4-8,14H,3H2,1-2H3,(H,15,17). The van der Waals surface area contributed by atoms with Crippen LogP contribution < -0.4 is 10.6 Å². The predicted octanol–water partition coefficient (Wildman–Crippen LogP) is 2.62. The van der Waals surface area contributed by atoms with Gasteiger partial charge in [0, 0.05) is 5.69 Å². The highest BCUT2D eigenvalue weighted by molar-refractivity contribution is 5.51. The van der Waals surface area contributed by atoms with Crippen LogP contribution in [-0.4, -0.2) is 16.7 Å². The molecule has 0 fully saturated rings. The molecule has 18 heavy (non-hydrogen) atoms. The van der Waals surface area contributed by atoms with Crippen molar-refractivity contribution in [3.05, 3.63) is 36.0 Å². The Hall–Kier alpha value is -1.95. The maximum atomic E-state index is 13.0. The van der Waals surface area contributed by atoms with Gasteiger partial charge in [0.05, 0.1) is 6.04 Å². The summed E-state index contributed by atoms with van der Waals surface area (Å²) in [5.41, 5.74) is 0.571. The van der Waals surface area contributed by atoms with E-state index < -0.39 is 0 Å². The number of hydrogen-bond donors (Lipinski definition) is 2. The monoisotopic (exact) mass is 250 g/mol. The van der Waals surface area contributed by atoms with Crippen LogP contribution in [0.1, 0.15) is 25.8 Å². The van der Waals surface area contributed by atoms with E-state index in [1.807, 2.05) is 13.8 Å². The van der Waals surface area contributed by atoms with Crippen molar-refractivity contribution in [2.75, 3.05) is 11.9 Å². The van der Waals surface area contributed by atoms with E-state index >= 15 is 0 Å². The molecule has 0 bridgehead atoms. The largest absolute Gasteiger partial charge is 0.406 e. The van der Waals surface area contributed by atoms with Crippen LogP contribution in [0.2, 0.25) is 0 Å². The van der Waals surface area contributed by atoms with Gasteiger partial charge in [0.15, 0.2) is 0 Å². The van der Waals surface area contributed by atoms with E-state index in [2.05, 4.69) is 20.8 Å². The zero-order valence-corrected chi connectivity index (χ0v) is 10.3. The SMILES string of the molecule is CCNC(C)c1nnc(Nc2cccc(F)c2)o1. The number of nitrogens with zero attached hydrogens (tertiary/aromatic N) is 2. The summed E-state index contributed by atoms with van der Waals surface area (Å²) in [4.78, 5) is 0. The smallest absolute Gasteiger partial charge is 0.320 e. The molecule has 5 nitrogen and oxygen atoms in total. The second-order valence-electron chi connectivity index (χ2n) is 3.86. The van der Waals surface area contributed by atoms with Crippen LogP contribution in [0.4, 0.5) is 16.1 Å². The van der Waals surface area contributed by atoms with Crippen LogP contribution in [0.3, 0.4) is 0 Å². The van der Waals surface area contributed by atoms with E-state index in [0.717, 1.165) is 6.54 Å². The summed E-state index contributed by atoms with van der Waals surface area (Å²) < 4.78 is 18.4. The lowest BCUT2D eigenvalue weighted by Gasteiger charge is -2.06. The third kappa shape index (κ3) is 3.04. The van der Waals surface area contributed by atoms with Crippen molar-refractivity contribution in [1.82, 2.24) is 15.5 Å². The van der Waals surface area contributed by atoms with Crippen LogP contribution in [0.15, 0.2) is 28.7 Å². The van der Waals surface area contributed by atoms with Gasteiger partial charge in [-0.05, 0) is 31.7 Å². The Labute approximate surface area is 104 Å². The van der Waals surface area contributed by atoms with Gasteiger partial charge in [0.25, 0.3) is 0 Å². The molecule has 0 amide bonds. The van der Waals surface area contributed by atoms with E-state index in [1.165, 1.54) is 12.1 Å². The highest BCUT2D eigenvalue weighted by Crippen LogP contribution is 2.18. The molecule has 0 aliphatic rings. The lowest BCUT2D eigenvalue weighted by Crippen LogP contribution is -2.17. The minimum Gasteiger partial charge on any atom is -0.406 e. The number of aromatic nitrogens is 2. The molecule has 1 heterocycles. The molecule has 1 aromatic carbocycles. The molecule has 0 aliphatic carbocycles. The van der Waals surface area contributed by atoms with Gasteiger partial charge >= 0.3 is 6.01 Å². The maximum Gasteiger partial charge on any atom is 0.320 e. The van der Waals surface area contributed by atoms with Crippen molar-refractivity contribution < 1.29 is 8.81 Å². The lowest BCUT2D eigenvalue weighted by molar-refractivity contribution is 0.430. The van der Waals surface area contributed by atoms with E-state index in [9.17, 15) is 4.39 Å². The summed E-state index contributed by atoms with van der Waals surface area (Å²) in [6.45, 7) is 4.75. The first-order valence-electron chi connectivity index (χ1n) is 5.78. The molecule has 2 aromatic rings. The third-order valence-corrected chi connectivity index (χ3v) is 2.40. The minimum atomic E-state index is -0.319. The normalized spacial score (nSPS) is 12.4. The summed E-state index contributed by atoms with van der Waals surface area (Å²) >= 11 is 0. The van der Waals surface area contributed by atoms with Crippen LogP contribution in [-0.2, 0) is 0 Å². The first-order chi connectivity index (χ1) is 8.69. The van der Waals surface area contributed by atoms with Gasteiger partial charge in [-0.2, -0.15) is 0 Å². The molecule has 0 saturated carbocycles. The first kappa shape index (κ1) is 12.5. The molecule has 2 rings (SSSR count). The molecule has 96 valence electrons. The maximum absolute atomic E-state index is 13.0. The number of benzene rings is 1. The Morgan fingerprint density at radius 3 is 2.94 bits per heavy atom. The highest BCUT2D eigenvalue weighted by Gasteiger charge is 2.12. The van der Waals surface area contributed by atoms with Gasteiger partial charge in [-0.25, -0.2) is 4.39 Å². The van der Waals surface area contributed by atoms with Crippen molar-refractivity contribution >= 4 is 11.7 Å². The molecular formula is C12H15FN4O. The number of anilines is 2. The Morgan fingerprint density at radius 2 is 2.22 bits per heavy atom. The van der Waals surface area contributed by atoms with E-state index in [4.69, 9.17) is 4.42 Å². The van der Waals surface area contributed by atoms with Gasteiger partial charge < -0.3 is 15.1 Å². The van der Waals surface area contributed by atoms with Crippen molar-refractivity contribution in [3.63, 3.8) is 0 Å². The Bertz CT molecular complexity index is 514. The Balaban J connectivity index is 2.06. The molecule has 1 atom stereocenters. The minimum absolute atomic E-state index is 0.00874. The van der Waals surface area contributed by atoms with E-state index in [0.29, 0.717) is 11.6 Å². The van der Waals surface area contributed by atoms with Crippen LogP contribution in [0, 0.1) is 5.82 Å². The highest BCUT2D eigenvalue weighted by atomic mass is 19.1. The van der Waals surface area contributed by atoms with Gasteiger partial charge in [0.2, 0.25) is 5.89 Å². The summed E-state index contributed by atoms with van der Waals surface area (Å²) in [6, 6.07) is 6.30. The van der Waals surface area contributed by atoms with Gasteiger partial charge in [-0.3, -0.25) is 0 Å². The second-order valence-corrected chi connectivity index (χ2v) is 3.86. The second kappa shape index (κ2) is 5.59. The van der Waals surface area contributed by atoms with Gasteiger partial charge in [-0.1, -0.05) is 18.1 Å². The number of rotatable bonds is 5. The average Bonchev–Trinajstić information content (AvgIpc) is 2.78. The third-order valence-electron chi connectivity index (χ3n) is 2.40. The fourth-order valence-corrected chi connectivity index (χ4v) is 1.54. The summed E-state index contributed by atoms with van der Waals surface area (Å²) in [5, 5.41) is 13.8. The molecule has 2 N–H and O–H groups in total. The van der Waals surface area contributed by atoms with E-state index in [-0.39, 0.29) is 17.9 Å². The number of halogens is 1. The summed E-state index contributed by atoms with van der Waals surface area (Å²) in [5.74, 6) is 0.177. The Kier molecular flexibility index (Phi) is 3.88. The molecule has 1 unspecified atom stereocenters. The molecule has 1 aromatic heterocycles. The fourth-order valence-electron chi connectivity index (χ4n) is 1.54. The molecule has 0 spiro atoms. The van der Waals surface area contributed by atoms with Crippen LogP contribution in [0.25, 0.3) is 0 Å². The zero-order chi connectivity index (χ0) is 13.0. The van der Waals surface area contributed by atoms with Crippen LogP contribution >= 0.6 is 0 Å². The van der Waals surface area contributed by atoms with Crippen molar-refractivity contribution in [2.45, 2.75) is 19.9 Å². The number of hydrogen-bond acceptors (Lipinski definition) is 5. The van der Waals surface area contributed by atoms with Crippen molar-refractivity contribution in [3.8, 4) is 0 Å². The van der Waals surface area contributed by atoms with Gasteiger partial charge in [0.1, 0.15) is 5.82 Å². The molecule has 0 radical (unpaired) electrons. The zero-order valence-electron chi connectivity index (χ0n) is 10.3. The topological polar surface area (TPSA) is 63.0 Å². The molecule has 0 aliphatic heterocycles. The predicted molar refractivity (Wildman–Crippen MR) is 66.1 cm³/mol. The molecule has 0 saturated heterocycles. The number of nitrogens with one attached hydrogen (secondary N) is 2. The van der Waals surface area contributed by atoms with Crippen LogP contribution in [0.5, 0.6) is 0 Å². The Morgan fingerprint density at radius 1 is 1.39 bits per heavy atom. The average molecular weight is 250 g/mol. The molecular weight excluding hydrogens is 235 g/mol. The quantitative estimate of drug-likeness (QED) is 0.854. The summed E-state index contributed by atoms with van der Waals surface area (Å²) in [7, 11) is 0. The van der Waals surface area contributed by atoms with Crippen molar-refractivity contribution in [2.24, 2.45) is 0 Å². The molecule has 6 heteroatoms. The van der Waals surface area contributed by atoms with E-state index in [1.54, 1.807) is 12.1 Å². The first-order valence-corrected chi connectivity index (χ1v) is 5.78.